The normalized spacial score (nSPS) is 11.5. The first-order valence-electron chi connectivity index (χ1n) is 11.2. The Labute approximate surface area is 212 Å². The second kappa shape index (κ2) is 8.54. The van der Waals surface area contributed by atoms with Crippen molar-refractivity contribution in [3.05, 3.63) is 101 Å². The van der Waals surface area contributed by atoms with E-state index < -0.39 is 0 Å². The van der Waals surface area contributed by atoms with Crippen LogP contribution in [0.4, 0.5) is 0 Å². The Morgan fingerprint density at radius 3 is 2.43 bits per heavy atom. The standard InChI is InChI=1S/C28H21Cl2N5/c1-34-16-32-15-23(34)27-25(18-3-2-4-21(30)13-18)26-22(35-12-11-33-28(27)35)10-7-19(14-31)24(26)17-5-8-20(29)9-6-17/h2-13,15-16H,14,31H2,1H3. The van der Waals surface area contributed by atoms with Crippen LogP contribution in [0.15, 0.2) is 85.6 Å². The van der Waals surface area contributed by atoms with Gasteiger partial charge in [0.25, 0.3) is 0 Å². The van der Waals surface area contributed by atoms with Gasteiger partial charge in [0.1, 0.15) is 5.65 Å². The summed E-state index contributed by atoms with van der Waals surface area (Å²) in [5.41, 5.74) is 15.3. The van der Waals surface area contributed by atoms with Gasteiger partial charge >= 0.3 is 0 Å². The van der Waals surface area contributed by atoms with Gasteiger partial charge in [-0.25, -0.2) is 9.97 Å². The van der Waals surface area contributed by atoms with Crippen LogP contribution in [0, 0.1) is 0 Å². The second-order valence-electron chi connectivity index (χ2n) is 8.48. The number of nitrogens with two attached hydrogens (primary N) is 1. The molecule has 0 atom stereocenters. The minimum Gasteiger partial charge on any atom is -0.334 e. The molecule has 6 aromatic rings. The summed E-state index contributed by atoms with van der Waals surface area (Å²) < 4.78 is 4.14. The van der Waals surface area contributed by atoms with Crippen molar-refractivity contribution in [2.24, 2.45) is 12.8 Å². The molecule has 0 aliphatic carbocycles. The summed E-state index contributed by atoms with van der Waals surface area (Å²) in [6, 6.07) is 20.1. The zero-order chi connectivity index (χ0) is 24.1. The third-order valence-corrected chi connectivity index (χ3v) is 6.92. The molecule has 0 radical (unpaired) electrons. The van der Waals surface area contributed by atoms with Crippen LogP contribution in [0.5, 0.6) is 0 Å². The van der Waals surface area contributed by atoms with Crippen molar-refractivity contribution in [3.63, 3.8) is 0 Å². The Kier molecular flexibility index (Phi) is 5.33. The van der Waals surface area contributed by atoms with Crippen LogP contribution in [-0.4, -0.2) is 18.9 Å². The first-order chi connectivity index (χ1) is 17.1. The lowest BCUT2D eigenvalue weighted by atomic mass is 9.87. The van der Waals surface area contributed by atoms with E-state index in [2.05, 4.69) is 27.6 Å². The summed E-state index contributed by atoms with van der Waals surface area (Å²) in [4.78, 5) is 9.19. The summed E-state index contributed by atoms with van der Waals surface area (Å²) in [6.45, 7) is 0.395. The van der Waals surface area contributed by atoms with Gasteiger partial charge in [0.15, 0.2) is 0 Å². The number of pyridine rings is 1. The summed E-state index contributed by atoms with van der Waals surface area (Å²) in [5, 5.41) is 2.42. The quantitative estimate of drug-likeness (QED) is 0.285. The molecule has 3 heterocycles. The molecule has 172 valence electrons. The van der Waals surface area contributed by atoms with E-state index in [1.54, 1.807) is 6.33 Å². The van der Waals surface area contributed by atoms with Crippen molar-refractivity contribution >= 4 is 39.8 Å². The van der Waals surface area contributed by atoms with Crippen LogP contribution in [-0.2, 0) is 13.6 Å². The molecule has 3 aromatic carbocycles. The number of nitrogens with zero attached hydrogens (tertiary/aromatic N) is 4. The Hall–Kier alpha value is -3.64. The number of imidazole rings is 2. The molecule has 0 saturated heterocycles. The van der Waals surface area contributed by atoms with Gasteiger partial charge in [0.2, 0.25) is 0 Å². The summed E-state index contributed by atoms with van der Waals surface area (Å²) in [6.07, 6.45) is 7.50. The number of hydrogen-bond donors (Lipinski definition) is 1. The van der Waals surface area contributed by atoms with E-state index in [1.807, 2.05) is 72.7 Å². The van der Waals surface area contributed by atoms with Gasteiger partial charge in [-0.05, 0) is 52.6 Å². The molecule has 0 fully saturated rings. The van der Waals surface area contributed by atoms with Crippen molar-refractivity contribution in [1.82, 2.24) is 18.9 Å². The maximum absolute atomic E-state index is 6.51. The lowest BCUT2D eigenvalue weighted by Crippen LogP contribution is -2.04. The Morgan fingerprint density at radius 2 is 1.71 bits per heavy atom. The summed E-state index contributed by atoms with van der Waals surface area (Å²) in [5.74, 6) is 0. The molecule has 5 nitrogen and oxygen atoms in total. The number of aromatic nitrogens is 4. The molecule has 0 unspecified atom stereocenters. The molecule has 35 heavy (non-hydrogen) atoms. The highest BCUT2D eigenvalue weighted by Gasteiger charge is 2.24. The van der Waals surface area contributed by atoms with Gasteiger partial charge in [-0.15, -0.1) is 0 Å². The first-order valence-corrected chi connectivity index (χ1v) is 12.0. The molecule has 0 aliphatic rings. The molecule has 0 saturated carbocycles. The van der Waals surface area contributed by atoms with Crippen LogP contribution >= 0.6 is 23.2 Å². The fraction of sp³-hybridized carbons (Fsp3) is 0.0714. The SMILES string of the molecule is Cn1cncc1-c1c(-c2cccc(Cl)c2)c2c(-c3ccc(Cl)cc3)c(CN)ccc2n2ccnc12. The highest BCUT2D eigenvalue weighted by Crippen LogP contribution is 2.46. The minimum atomic E-state index is 0.395. The van der Waals surface area contributed by atoms with Gasteiger partial charge in [-0.2, -0.15) is 0 Å². The molecule has 0 bridgehead atoms. The molecular weight excluding hydrogens is 477 g/mol. The predicted octanol–water partition coefficient (Wildman–Crippen LogP) is 6.99. The van der Waals surface area contributed by atoms with Crippen molar-refractivity contribution in [3.8, 4) is 33.5 Å². The third kappa shape index (κ3) is 3.51. The van der Waals surface area contributed by atoms with E-state index in [1.165, 1.54) is 0 Å². The third-order valence-electron chi connectivity index (χ3n) is 6.43. The lowest BCUT2D eigenvalue weighted by molar-refractivity contribution is 0.921. The van der Waals surface area contributed by atoms with Crippen LogP contribution in [0.1, 0.15) is 5.56 Å². The first kappa shape index (κ1) is 21.9. The van der Waals surface area contributed by atoms with Crippen molar-refractivity contribution < 1.29 is 0 Å². The van der Waals surface area contributed by atoms with E-state index in [-0.39, 0.29) is 0 Å². The maximum Gasteiger partial charge on any atom is 0.147 e. The number of halogens is 2. The number of fused-ring (bicyclic) bond motifs is 3. The van der Waals surface area contributed by atoms with E-state index in [4.69, 9.17) is 33.9 Å². The molecule has 0 aliphatic heterocycles. The minimum absolute atomic E-state index is 0.395. The summed E-state index contributed by atoms with van der Waals surface area (Å²) >= 11 is 12.8. The highest BCUT2D eigenvalue weighted by molar-refractivity contribution is 6.31. The highest BCUT2D eigenvalue weighted by atomic mass is 35.5. The zero-order valence-corrected chi connectivity index (χ0v) is 20.4. The van der Waals surface area contributed by atoms with Crippen LogP contribution < -0.4 is 5.73 Å². The smallest absolute Gasteiger partial charge is 0.147 e. The van der Waals surface area contributed by atoms with Crippen LogP contribution in [0.25, 0.3) is 50.1 Å². The van der Waals surface area contributed by atoms with E-state index in [9.17, 15) is 0 Å². The van der Waals surface area contributed by atoms with E-state index >= 15 is 0 Å². The van der Waals surface area contributed by atoms with Crippen LogP contribution in [0.2, 0.25) is 10.0 Å². The Balaban J connectivity index is 1.91. The second-order valence-corrected chi connectivity index (χ2v) is 9.35. The monoisotopic (exact) mass is 497 g/mol. The largest absolute Gasteiger partial charge is 0.334 e. The van der Waals surface area contributed by atoms with Gasteiger partial charge in [0.05, 0.1) is 29.3 Å². The predicted molar refractivity (Wildman–Crippen MR) is 144 cm³/mol. The average Bonchev–Trinajstić information content (AvgIpc) is 3.52. The molecule has 7 heteroatoms. The van der Waals surface area contributed by atoms with Crippen molar-refractivity contribution in [1.29, 1.82) is 0 Å². The fourth-order valence-electron chi connectivity index (χ4n) is 4.90. The van der Waals surface area contributed by atoms with Gasteiger partial charge in [0, 0.05) is 47.0 Å². The molecule has 0 spiro atoms. The molecule has 0 amide bonds. The maximum atomic E-state index is 6.51. The number of rotatable bonds is 4. The number of benzene rings is 3. The van der Waals surface area contributed by atoms with Crippen molar-refractivity contribution in [2.75, 3.05) is 0 Å². The average molecular weight is 498 g/mol. The van der Waals surface area contributed by atoms with E-state index in [0.717, 1.165) is 55.6 Å². The van der Waals surface area contributed by atoms with Crippen LogP contribution in [0.3, 0.4) is 0 Å². The van der Waals surface area contributed by atoms with Gasteiger partial charge < -0.3 is 10.3 Å². The van der Waals surface area contributed by atoms with Crippen molar-refractivity contribution in [2.45, 2.75) is 6.54 Å². The number of hydrogen-bond acceptors (Lipinski definition) is 3. The van der Waals surface area contributed by atoms with Gasteiger partial charge in [-0.3, -0.25) is 4.40 Å². The fourth-order valence-corrected chi connectivity index (χ4v) is 5.21. The molecular formula is C28H21Cl2N5. The van der Waals surface area contributed by atoms with Gasteiger partial charge in [-0.1, -0.05) is 53.5 Å². The summed E-state index contributed by atoms with van der Waals surface area (Å²) in [7, 11) is 1.99. The number of aryl methyl sites for hydroxylation is 1. The zero-order valence-electron chi connectivity index (χ0n) is 18.9. The molecule has 3 aromatic heterocycles. The van der Waals surface area contributed by atoms with E-state index in [0.29, 0.717) is 16.6 Å². The molecule has 6 rings (SSSR count). The molecule has 2 N–H and O–H groups in total. The Morgan fingerprint density at radius 1 is 0.886 bits per heavy atom. The topological polar surface area (TPSA) is 61.1 Å². The Bertz CT molecular complexity index is 1710. The lowest BCUT2D eigenvalue weighted by Gasteiger charge is -2.21.